The number of hydrogen-bond acceptors (Lipinski definition) is 2. The van der Waals surface area contributed by atoms with Crippen molar-refractivity contribution < 1.29 is 4.79 Å². The van der Waals surface area contributed by atoms with E-state index >= 15 is 0 Å². The topological polar surface area (TPSA) is 29.1 Å². The third kappa shape index (κ3) is 0.870. The molecule has 1 heterocycles. The van der Waals surface area contributed by atoms with E-state index in [1.807, 2.05) is 0 Å². The Hall–Kier alpha value is -0.370. The fraction of sp³-hybridized carbons (Fsp3) is 0.875. The Morgan fingerprint density at radius 1 is 1.40 bits per heavy atom. The molecule has 1 saturated heterocycles. The molecule has 1 N–H and O–H groups in total. The maximum atomic E-state index is 11.2. The lowest BCUT2D eigenvalue weighted by Crippen LogP contribution is -2.43. The molecule has 2 heteroatoms. The van der Waals surface area contributed by atoms with Crippen LogP contribution in [-0.4, -0.2) is 18.4 Å². The number of Topliss-reactive ketones (excluding diaryl/α,β-unsaturated/α-hetero) is 1. The van der Waals surface area contributed by atoms with Gasteiger partial charge in [-0.15, -0.1) is 0 Å². The van der Waals surface area contributed by atoms with Crippen LogP contribution in [0.3, 0.4) is 0 Å². The zero-order valence-corrected chi connectivity index (χ0v) is 6.10. The molecule has 0 spiro atoms. The Bertz CT molecular complexity index is 155. The summed E-state index contributed by atoms with van der Waals surface area (Å²) in [4.78, 5) is 11.2. The van der Waals surface area contributed by atoms with Crippen LogP contribution in [-0.2, 0) is 4.79 Å². The number of fused-ring (bicyclic) bond motifs is 1. The Balaban J connectivity index is 2.10. The van der Waals surface area contributed by atoms with Gasteiger partial charge in [-0.2, -0.15) is 0 Å². The Morgan fingerprint density at radius 2 is 2.30 bits per heavy atom. The minimum atomic E-state index is 0.383. The molecule has 2 aliphatic rings. The first-order valence-electron chi connectivity index (χ1n) is 4.14. The Kier molecular flexibility index (Phi) is 1.49. The van der Waals surface area contributed by atoms with Gasteiger partial charge in [-0.3, -0.25) is 4.79 Å². The maximum absolute atomic E-state index is 11.2. The summed E-state index contributed by atoms with van der Waals surface area (Å²) in [5.74, 6) is 0.884. The van der Waals surface area contributed by atoms with Crippen LogP contribution < -0.4 is 5.32 Å². The molecule has 10 heavy (non-hydrogen) atoms. The first-order chi connectivity index (χ1) is 4.88. The van der Waals surface area contributed by atoms with Crippen molar-refractivity contribution in [3.05, 3.63) is 0 Å². The van der Waals surface area contributed by atoms with Gasteiger partial charge in [0.1, 0.15) is 5.78 Å². The van der Waals surface area contributed by atoms with Gasteiger partial charge >= 0.3 is 0 Å². The summed E-state index contributed by atoms with van der Waals surface area (Å²) in [6.07, 6.45) is 4.36. The molecule has 0 amide bonds. The second-order valence-electron chi connectivity index (χ2n) is 3.31. The fourth-order valence-electron chi connectivity index (χ4n) is 2.16. The molecule has 2 rings (SSSR count). The number of ketones is 1. The molecule has 2 fully saturated rings. The number of piperidine rings is 1. The van der Waals surface area contributed by atoms with Crippen molar-refractivity contribution in [3.8, 4) is 0 Å². The van der Waals surface area contributed by atoms with Crippen molar-refractivity contribution in [1.29, 1.82) is 0 Å². The van der Waals surface area contributed by atoms with Gasteiger partial charge in [-0.1, -0.05) is 6.42 Å². The summed E-state index contributed by atoms with van der Waals surface area (Å²) in [5.41, 5.74) is 0. The van der Waals surface area contributed by atoms with E-state index in [9.17, 15) is 4.79 Å². The van der Waals surface area contributed by atoms with E-state index in [1.165, 1.54) is 12.8 Å². The number of hydrogen-bond donors (Lipinski definition) is 1. The van der Waals surface area contributed by atoms with Crippen LogP contribution in [0.5, 0.6) is 0 Å². The maximum Gasteiger partial charge on any atom is 0.138 e. The summed E-state index contributed by atoms with van der Waals surface area (Å²) in [7, 11) is 0. The zero-order chi connectivity index (χ0) is 6.97. The van der Waals surface area contributed by atoms with Crippen LogP contribution in [0.1, 0.15) is 25.7 Å². The molecule has 1 aliphatic heterocycles. The highest BCUT2D eigenvalue weighted by Gasteiger charge is 2.34. The van der Waals surface area contributed by atoms with Gasteiger partial charge < -0.3 is 5.32 Å². The minimum absolute atomic E-state index is 0.383. The molecule has 0 bridgehead atoms. The fourth-order valence-corrected chi connectivity index (χ4v) is 2.16. The largest absolute Gasteiger partial charge is 0.313 e. The highest BCUT2D eigenvalue weighted by molar-refractivity contribution is 5.83. The van der Waals surface area contributed by atoms with E-state index in [-0.39, 0.29) is 0 Å². The average molecular weight is 139 g/mol. The first kappa shape index (κ1) is 6.35. The Labute approximate surface area is 61.0 Å². The molecule has 0 aromatic carbocycles. The van der Waals surface area contributed by atoms with Gasteiger partial charge in [0.25, 0.3) is 0 Å². The average Bonchev–Trinajstić information content (AvgIpc) is 2.36. The predicted octanol–water partition coefficient (Wildman–Crippen LogP) is 0.718. The second-order valence-corrected chi connectivity index (χ2v) is 3.31. The van der Waals surface area contributed by atoms with Crippen LogP contribution in [0, 0.1) is 5.92 Å². The molecule has 56 valence electrons. The molecule has 2 atom stereocenters. The molecule has 0 radical (unpaired) electrons. The van der Waals surface area contributed by atoms with E-state index in [0.717, 1.165) is 19.4 Å². The van der Waals surface area contributed by atoms with Crippen molar-refractivity contribution >= 4 is 5.78 Å². The lowest BCUT2D eigenvalue weighted by atomic mass is 9.93. The third-order valence-corrected chi connectivity index (χ3v) is 2.71. The third-order valence-electron chi connectivity index (χ3n) is 2.71. The summed E-state index contributed by atoms with van der Waals surface area (Å²) in [6, 6.07) is 0.543. The van der Waals surface area contributed by atoms with Crippen LogP contribution in [0.15, 0.2) is 0 Å². The number of rotatable bonds is 0. The SMILES string of the molecule is O=C1CCN[C@@H]2CCC[C@@H]12. The monoisotopic (exact) mass is 139 g/mol. The van der Waals surface area contributed by atoms with Gasteiger partial charge in [0.15, 0.2) is 0 Å². The summed E-state index contributed by atoms with van der Waals surface area (Å²) < 4.78 is 0. The van der Waals surface area contributed by atoms with Crippen molar-refractivity contribution in [2.24, 2.45) is 5.92 Å². The lowest BCUT2D eigenvalue weighted by Gasteiger charge is -2.24. The molecular weight excluding hydrogens is 126 g/mol. The molecule has 0 aromatic heterocycles. The van der Waals surface area contributed by atoms with Crippen molar-refractivity contribution in [2.75, 3.05) is 6.54 Å². The van der Waals surface area contributed by atoms with E-state index in [2.05, 4.69) is 5.32 Å². The zero-order valence-electron chi connectivity index (χ0n) is 6.10. The van der Waals surface area contributed by atoms with E-state index < -0.39 is 0 Å². The number of carbonyl (C=O) groups excluding carboxylic acids is 1. The molecule has 0 aromatic rings. The van der Waals surface area contributed by atoms with Crippen molar-refractivity contribution in [3.63, 3.8) is 0 Å². The van der Waals surface area contributed by atoms with E-state index in [0.29, 0.717) is 17.7 Å². The van der Waals surface area contributed by atoms with Crippen molar-refractivity contribution in [2.45, 2.75) is 31.7 Å². The highest BCUT2D eigenvalue weighted by Crippen LogP contribution is 2.29. The summed E-state index contributed by atoms with van der Waals surface area (Å²) in [6.45, 7) is 0.917. The van der Waals surface area contributed by atoms with Gasteiger partial charge in [0.05, 0.1) is 0 Å². The van der Waals surface area contributed by atoms with E-state index in [1.54, 1.807) is 0 Å². The molecular formula is C8H13NO. The van der Waals surface area contributed by atoms with Gasteiger partial charge in [-0.05, 0) is 12.8 Å². The lowest BCUT2D eigenvalue weighted by molar-refractivity contribution is -0.124. The standard InChI is InChI=1S/C8H13NO/c10-8-4-5-9-7-3-1-2-6(7)8/h6-7,9H,1-5H2/t6-,7-/m1/s1. The molecule has 0 unspecified atom stereocenters. The van der Waals surface area contributed by atoms with Gasteiger partial charge in [-0.25, -0.2) is 0 Å². The molecule has 2 nitrogen and oxygen atoms in total. The highest BCUT2D eigenvalue weighted by atomic mass is 16.1. The van der Waals surface area contributed by atoms with Crippen molar-refractivity contribution in [1.82, 2.24) is 5.32 Å². The van der Waals surface area contributed by atoms with Gasteiger partial charge in [0, 0.05) is 24.9 Å². The smallest absolute Gasteiger partial charge is 0.138 e. The van der Waals surface area contributed by atoms with Crippen LogP contribution in [0.2, 0.25) is 0 Å². The van der Waals surface area contributed by atoms with Gasteiger partial charge in [0.2, 0.25) is 0 Å². The molecule has 1 aliphatic carbocycles. The predicted molar refractivity (Wildman–Crippen MR) is 38.8 cm³/mol. The van der Waals surface area contributed by atoms with Crippen LogP contribution >= 0.6 is 0 Å². The summed E-state index contributed by atoms with van der Waals surface area (Å²) in [5, 5.41) is 3.39. The minimum Gasteiger partial charge on any atom is -0.313 e. The number of nitrogens with one attached hydrogen (secondary N) is 1. The normalized spacial score (nSPS) is 39.8. The summed E-state index contributed by atoms with van der Waals surface area (Å²) >= 11 is 0. The van der Waals surface area contributed by atoms with E-state index in [4.69, 9.17) is 0 Å². The Morgan fingerprint density at radius 3 is 3.10 bits per heavy atom. The van der Waals surface area contributed by atoms with Crippen LogP contribution in [0.25, 0.3) is 0 Å². The van der Waals surface area contributed by atoms with Crippen LogP contribution in [0.4, 0.5) is 0 Å². The molecule has 1 saturated carbocycles. The number of carbonyl (C=O) groups is 1. The quantitative estimate of drug-likeness (QED) is 0.535. The first-order valence-corrected chi connectivity index (χ1v) is 4.14. The second kappa shape index (κ2) is 2.35.